The first-order chi connectivity index (χ1) is 12.2. The molecule has 0 bridgehead atoms. The van der Waals surface area contributed by atoms with Gasteiger partial charge in [0.15, 0.2) is 5.58 Å². The van der Waals surface area contributed by atoms with Crippen molar-refractivity contribution in [3.63, 3.8) is 0 Å². The zero-order valence-electron chi connectivity index (χ0n) is 14.0. The average molecular weight is 329 g/mol. The number of pyridine rings is 1. The van der Waals surface area contributed by atoms with Crippen molar-refractivity contribution in [1.82, 2.24) is 10.1 Å². The van der Waals surface area contributed by atoms with E-state index in [1.165, 1.54) is 0 Å². The van der Waals surface area contributed by atoms with Gasteiger partial charge in [0.25, 0.3) is 0 Å². The van der Waals surface area contributed by atoms with Crippen LogP contribution in [0.4, 0.5) is 0 Å². The Bertz CT molecular complexity index is 1010. The first-order valence-corrected chi connectivity index (χ1v) is 8.33. The molecule has 0 aliphatic heterocycles. The number of hydrogen-bond acceptors (Lipinski definition) is 4. The Balaban J connectivity index is 1.79. The third-order valence-corrected chi connectivity index (χ3v) is 4.40. The Hall–Kier alpha value is -2.98. The van der Waals surface area contributed by atoms with Crippen molar-refractivity contribution < 1.29 is 4.52 Å². The summed E-state index contributed by atoms with van der Waals surface area (Å²) in [4.78, 5) is 4.39. The molecule has 0 saturated heterocycles. The number of nitrogens with two attached hydrogens (primary N) is 1. The van der Waals surface area contributed by atoms with Crippen LogP contribution in [0.3, 0.4) is 0 Å². The highest BCUT2D eigenvalue weighted by atomic mass is 16.5. The Morgan fingerprint density at radius 1 is 1.04 bits per heavy atom. The van der Waals surface area contributed by atoms with Crippen molar-refractivity contribution in [1.29, 1.82) is 0 Å². The van der Waals surface area contributed by atoms with E-state index in [0.717, 1.165) is 39.0 Å². The highest BCUT2D eigenvalue weighted by molar-refractivity contribution is 5.92. The summed E-state index contributed by atoms with van der Waals surface area (Å²) in [6, 6.07) is 19.9. The number of nitrogens with zero attached hydrogens (tertiary/aromatic N) is 2. The summed E-state index contributed by atoms with van der Waals surface area (Å²) in [5.41, 5.74) is 12.4. The molecule has 0 amide bonds. The molecule has 1 atom stereocenters. The first-order valence-electron chi connectivity index (χ1n) is 8.33. The lowest BCUT2D eigenvalue weighted by atomic mass is 9.93. The van der Waals surface area contributed by atoms with Crippen LogP contribution in [0.15, 0.2) is 71.4 Å². The smallest absolute Gasteiger partial charge is 0.167 e. The molecule has 1 unspecified atom stereocenters. The molecular formula is C21H19N3O. The predicted molar refractivity (Wildman–Crippen MR) is 99.1 cm³/mol. The molecular weight excluding hydrogens is 310 g/mol. The van der Waals surface area contributed by atoms with Crippen LogP contribution in [0, 0.1) is 6.92 Å². The van der Waals surface area contributed by atoms with Crippen molar-refractivity contribution >= 4 is 11.0 Å². The zero-order chi connectivity index (χ0) is 17.2. The average Bonchev–Trinajstić information content (AvgIpc) is 3.06. The third kappa shape index (κ3) is 3.04. The Labute approximate surface area is 146 Å². The molecule has 4 heteroatoms. The summed E-state index contributed by atoms with van der Waals surface area (Å²) in [5, 5.41) is 5.31. The molecule has 2 aromatic heterocycles. The van der Waals surface area contributed by atoms with Gasteiger partial charge in [-0.25, -0.2) is 0 Å². The van der Waals surface area contributed by atoms with Gasteiger partial charge in [-0.3, -0.25) is 4.98 Å². The number of aromatic nitrogens is 2. The fourth-order valence-corrected chi connectivity index (χ4v) is 3.13. The fraction of sp³-hybridized carbons (Fsp3) is 0.143. The maximum absolute atomic E-state index is 6.53. The molecule has 0 aliphatic carbocycles. The molecule has 0 radical (unpaired) electrons. The van der Waals surface area contributed by atoms with Gasteiger partial charge >= 0.3 is 0 Å². The quantitative estimate of drug-likeness (QED) is 0.601. The molecule has 4 rings (SSSR count). The van der Waals surface area contributed by atoms with E-state index in [2.05, 4.69) is 35.3 Å². The van der Waals surface area contributed by atoms with E-state index < -0.39 is 0 Å². The number of benzene rings is 2. The van der Waals surface area contributed by atoms with E-state index in [0.29, 0.717) is 6.42 Å². The third-order valence-electron chi connectivity index (χ3n) is 4.40. The monoisotopic (exact) mass is 329 g/mol. The van der Waals surface area contributed by atoms with Gasteiger partial charge in [0.1, 0.15) is 5.69 Å². The van der Waals surface area contributed by atoms with Crippen molar-refractivity contribution in [3.8, 4) is 11.3 Å². The van der Waals surface area contributed by atoms with Crippen LogP contribution in [0.2, 0.25) is 0 Å². The number of aryl methyl sites for hydroxylation is 1. The van der Waals surface area contributed by atoms with Gasteiger partial charge in [0, 0.05) is 35.3 Å². The van der Waals surface area contributed by atoms with E-state index in [-0.39, 0.29) is 6.04 Å². The number of rotatable bonds is 4. The Morgan fingerprint density at radius 3 is 2.72 bits per heavy atom. The summed E-state index contributed by atoms with van der Waals surface area (Å²) in [6.45, 7) is 2.07. The second kappa shape index (κ2) is 6.49. The van der Waals surface area contributed by atoms with Crippen molar-refractivity contribution in [3.05, 3.63) is 83.7 Å². The molecule has 124 valence electrons. The van der Waals surface area contributed by atoms with E-state index in [1.807, 2.05) is 42.5 Å². The predicted octanol–water partition coefficient (Wildman–Crippen LogP) is 4.44. The maximum atomic E-state index is 6.53. The van der Waals surface area contributed by atoms with Crippen molar-refractivity contribution in [2.75, 3.05) is 0 Å². The highest BCUT2D eigenvalue weighted by Crippen LogP contribution is 2.33. The number of fused-ring (bicyclic) bond motifs is 1. The van der Waals surface area contributed by atoms with Crippen LogP contribution >= 0.6 is 0 Å². The largest absolute Gasteiger partial charge is 0.356 e. The zero-order valence-corrected chi connectivity index (χ0v) is 14.0. The molecule has 4 nitrogen and oxygen atoms in total. The summed E-state index contributed by atoms with van der Waals surface area (Å²) >= 11 is 0. The Kier molecular flexibility index (Phi) is 4.04. The van der Waals surface area contributed by atoms with Gasteiger partial charge < -0.3 is 10.3 Å². The van der Waals surface area contributed by atoms with Crippen LogP contribution in [0.25, 0.3) is 22.2 Å². The minimum absolute atomic E-state index is 0.166. The van der Waals surface area contributed by atoms with Crippen LogP contribution in [-0.2, 0) is 6.42 Å². The molecule has 2 N–H and O–H groups in total. The number of hydrogen-bond donors (Lipinski definition) is 1. The molecule has 0 saturated carbocycles. The standard InChI is InChI=1S/C21H19N3O/c1-14-9-10-16(19(22)13-15-6-4-5-11-23-15)18(12-14)21-17-7-2-3-8-20(17)25-24-21/h2-12,19H,13,22H2,1H3. The molecule has 4 aromatic rings. The van der Waals surface area contributed by atoms with E-state index in [4.69, 9.17) is 10.3 Å². The van der Waals surface area contributed by atoms with Crippen LogP contribution in [-0.4, -0.2) is 10.1 Å². The summed E-state index contributed by atoms with van der Waals surface area (Å²) in [6.07, 6.45) is 2.47. The van der Waals surface area contributed by atoms with Gasteiger partial charge in [0.05, 0.1) is 0 Å². The lowest BCUT2D eigenvalue weighted by Crippen LogP contribution is -2.15. The van der Waals surface area contributed by atoms with Gasteiger partial charge in [0.2, 0.25) is 0 Å². The lowest BCUT2D eigenvalue weighted by molar-refractivity contribution is 0.459. The summed E-state index contributed by atoms with van der Waals surface area (Å²) in [7, 11) is 0. The molecule has 2 heterocycles. The van der Waals surface area contributed by atoms with Gasteiger partial charge in [-0.1, -0.05) is 41.1 Å². The summed E-state index contributed by atoms with van der Waals surface area (Å²) < 4.78 is 5.49. The second-order valence-corrected chi connectivity index (χ2v) is 6.25. The SMILES string of the molecule is Cc1ccc(C(N)Cc2ccccn2)c(-c2noc3ccccc23)c1. The van der Waals surface area contributed by atoms with E-state index in [9.17, 15) is 0 Å². The summed E-state index contributed by atoms with van der Waals surface area (Å²) in [5.74, 6) is 0. The maximum Gasteiger partial charge on any atom is 0.167 e. The van der Waals surface area contributed by atoms with Gasteiger partial charge in [-0.15, -0.1) is 0 Å². The second-order valence-electron chi connectivity index (χ2n) is 6.25. The molecule has 0 aliphatic rings. The number of para-hydroxylation sites is 1. The van der Waals surface area contributed by atoms with Gasteiger partial charge in [-0.2, -0.15) is 0 Å². The molecule has 0 fully saturated rings. The highest BCUT2D eigenvalue weighted by Gasteiger charge is 2.18. The minimum Gasteiger partial charge on any atom is -0.356 e. The molecule has 0 spiro atoms. The molecule has 25 heavy (non-hydrogen) atoms. The fourth-order valence-electron chi connectivity index (χ4n) is 3.13. The molecule has 2 aromatic carbocycles. The normalized spacial score (nSPS) is 12.4. The van der Waals surface area contributed by atoms with E-state index >= 15 is 0 Å². The van der Waals surface area contributed by atoms with Crippen LogP contribution in [0.5, 0.6) is 0 Å². The van der Waals surface area contributed by atoms with E-state index in [1.54, 1.807) is 6.20 Å². The van der Waals surface area contributed by atoms with Gasteiger partial charge in [-0.05, 0) is 42.8 Å². The Morgan fingerprint density at radius 2 is 1.88 bits per heavy atom. The van der Waals surface area contributed by atoms with Crippen molar-refractivity contribution in [2.24, 2.45) is 5.73 Å². The lowest BCUT2D eigenvalue weighted by Gasteiger charge is -2.16. The topological polar surface area (TPSA) is 64.9 Å². The van der Waals surface area contributed by atoms with Crippen LogP contribution < -0.4 is 5.73 Å². The first kappa shape index (κ1) is 15.5. The van der Waals surface area contributed by atoms with Crippen molar-refractivity contribution in [2.45, 2.75) is 19.4 Å². The van der Waals surface area contributed by atoms with Crippen LogP contribution in [0.1, 0.15) is 22.9 Å². The minimum atomic E-state index is -0.166.